The lowest BCUT2D eigenvalue weighted by molar-refractivity contribution is 0.0995. The molecule has 0 saturated carbocycles. The summed E-state index contributed by atoms with van der Waals surface area (Å²) in [5, 5.41) is 8.56. The van der Waals surface area contributed by atoms with E-state index >= 15 is 0 Å². The fourth-order valence-corrected chi connectivity index (χ4v) is 3.82. The lowest BCUT2D eigenvalue weighted by Gasteiger charge is -2.43. The van der Waals surface area contributed by atoms with Gasteiger partial charge in [0.05, 0.1) is 29.5 Å². The molecule has 1 aliphatic heterocycles. The number of carbonyl (C=O) groups is 1. The molecule has 0 atom stereocenters. The highest BCUT2D eigenvalue weighted by Crippen LogP contribution is 2.25. The Morgan fingerprint density at radius 3 is 2.48 bits per heavy atom. The van der Waals surface area contributed by atoms with E-state index in [0.29, 0.717) is 5.69 Å². The minimum atomic E-state index is -0.555. The average molecular weight is 421 g/mol. The Bertz CT molecular complexity index is 1090. The van der Waals surface area contributed by atoms with Crippen LogP contribution in [0.5, 0.6) is 0 Å². The highest BCUT2D eigenvalue weighted by molar-refractivity contribution is 5.90. The van der Waals surface area contributed by atoms with Crippen LogP contribution in [0.3, 0.4) is 0 Å². The maximum Gasteiger partial charge on any atom is 0.267 e. The van der Waals surface area contributed by atoms with Gasteiger partial charge >= 0.3 is 0 Å². The molecule has 4 rings (SSSR count). The van der Waals surface area contributed by atoms with Gasteiger partial charge < -0.3 is 10.6 Å². The topological polar surface area (TPSA) is 106 Å². The summed E-state index contributed by atoms with van der Waals surface area (Å²) >= 11 is 0. The Kier molecular flexibility index (Phi) is 5.45. The number of hydrogen-bond donors (Lipinski definition) is 1. The first-order valence-corrected chi connectivity index (χ1v) is 10.4. The van der Waals surface area contributed by atoms with E-state index in [9.17, 15) is 4.79 Å². The van der Waals surface area contributed by atoms with Gasteiger partial charge in [-0.15, -0.1) is 5.10 Å². The normalized spacial score (nSPS) is 15.3. The van der Waals surface area contributed by atoms with Crippen molar-refractivity contribution in [3.63, 3.8) is 0 Å². The van der Waals surface area contributed by atoms with Crippen molar-refractivity contribution in [1.82, 2.24) is 29.9 Å². The van der Waals surface area contributed by atoms with Gasteiger partial charge in [-0.2, -0.15) is 0 Å². The standard InChI is InChI=1S/C22H28N8O/c1-15-20(6-5-18(25-15)21(23)31)30-14-19(26-27-30)16-11-17(13-24-12-16)28-7-9-29(10-8-28)22(2,3)4/h5-6,11-14H,7-10H2,1-4H3,(H2,23,31). The second-order valence-electron chi connectivity index (χ2n) is 8.79. The average Bonchev–Trinajstić information content (AvgIpc) is 3.23. The van der Waals surface area contributed by atoms with Gasteiger partial charge in [0.15, 0.2) is 0 Å². The van der Waals surface area contributed by atoms with Crippen LogP contribution in [0.2, 0.25) is 0 Å². The number of hydrogen-bond acceptors (Lipinski definition) is 7. The van der Waals surface area contributed by atoms with E-state index in [0.717, 1.165) is 48.8 Å². The van der Waals surface area contributed by atoms with Gasteiger partial charge in [0.25, 0.3) is 5.91 Å². The van der Waals surface area contributed by atoms with Crippen LogP contribution in [0, 0.1) is 6.92 Å². The number of aryl methyl sites for hydroxylation is 1. The number of primary amides is 1. The van der Waals surface area contributed by atoms with Crippen LogP contribution in [-0.2, 0) is 0 Å². The molecule has 0 bridgehead atoms. The zero-order chi connectivity index (χ0) is 22.2. The minimum Gasteiger partial charge on any atom is -0.368 e. The highest BCUT2D eigenvalue weighted by Gasteiger charge is 2.26. The maximum absolute atomic E-state index is 11.3. The quantitative estimate of drug-likeness (QED) is 0.688. The Morgan fingerprint density at radius 1 is 1.10 bits per heavy atom. The molecule has 0 radical (unpaired) electrons. The van der Waals surface area contributed by atoms with Crippen LogP contribution in [-0.4, -0.2) is 67.5 Å². The van der Waals surface area contributed by atoms with Crippen molar-refractivity contribution in [2.45, 2.75) is 33.2 Å². The van der Waals surface area contributed by atoms with Gasteiger partial charge in [0.1, 0.15) is 11.4 Å². The van der Waals surface area contributed by atoms with Gasteiger partial charge in [-0.05, 0) is 45.9 Å². The first-order chi connectivity index (χ1) is 14.7. The molecule has 1 fully saturated rings. The van der Waals surface area contributed by atoms with E-state index in [1.807, 2.05) is 19.3 Å². The Hall–Kier alpha value is -3.33. The number of nitrogens with two attached hydrogens (primary N) is 1. The molecule has 0 spiro atoms. The largest absolute Gasteiger partial charge is 0.368 e. The van der Waals surface area contributed by atoms with Crippen molar-refractivity contribution < 1.29 is 4.79 Å². The summed E-state index contributed by atoms with van der Waals surface area (Å²) in [6, 6.07) is 5.46. The van der Waals surface area contributed by atoms with Crippen LogP contribution in [0.4, 0.5) is 5.69 Å². The molecule has 0 aromatic carbocycles. The molecule has 1 saturated heterocycles. The lowest BCUT2D eigenvalue weighted by atomic mass is 10.0. The van der Waals surface area contributed by atoms with Crippen molar-refractivity contribution in [2.24, 2.45) is 5.73 Å². The molecule has 9 heteroatoms. The Balaban J connectivity index is 1.53. The van der Waals surface area contributed by atoms with Crippen LogP contribution >= 0.6 is 0 Å². The van der Waals surface area contributed by atoms with Gasteiger partial charge in [-0.25, -0.2) is 9.67 Å². The number of nitrogens with zero attached hydrogens (tertiary/aromatic N) is 7. The van der Waals surface area contributed by atoms with E-state index in [-0.39, 0.29) is 11.2 Å². The summed E-state index contributed by atoms with van der Waals surface area (Å²) in [6.07, 6.45) is 5.54. The van der Waals surface area contributed by atoms with Crippen molar-refractivity contribution in [1.29, 1.82) is 0 Å². The molecule has 9 nitrogen and oxygen atoms in total. The number of piperazine rings is 1. The van der Waals surface area contributed by atoms with E-state index in [4.69, 9.17) is 5.73 Å². The van der Waals surface area contributed by atoms with Crippen LogP contribution in [0.1, 0.15) is 37.0 Å². The summed E-state index contributed by atoms with van der Waals surface area (Å²) in [5.41, 5.74) is 9.83. The predicted molar refractivity (Wildman–Crippen MR) is 119 cm³/mol. The number of pyridine rings is 2. The van der Waals surface area contributed by atoms with Gasteiger partial charge in [0.2, 0.25) is 0 Å². The SMILES string of the molecule is Cc1nc(C(N)=O)ccc1-n1cc(-c2cncc(N3CCN(C(C)(C)C)CC3)c2)nn1. The third-order valence-electron chi connectivity index (χ3n) is 5.66. The van der Waals surface area contributed by atoms with Crippen molar-refractivity contribution >= 4 is 11.6 Å². The summed E-state index contributed by atoms with van der Waals surface area (Å²) in [5.74, 6) is -0.555. The van der Waals surface area contributed by atoms with Crippen LogP contribution in [0.15, 0.2) is 36.8 Å². The molecule has 1 aliphatic rings. The van der Waals surface area contributed by atoms with E-state index in [1.54, 1.807) is 23.0 Å². The number of aromatic nitrogens is 5. The number of amides is 1. The van der Waals surface area contributed by atoms with E-state index in [2.05, 4.69) is 56.9 Å². The van der Waals surface area contributed by atoms with Crippen LogP contribution in [0.25, 0.3) is 16.9 Å². The maximum atomic E-state index is 11.3. The fourth-order valence-electron chi connectivity index (χ4n) is 3.82. The van der Waals surface area contributed by atoms with Crippen molar-refractivity contribution in [3.05, 3.63) is 48.2 Å². The monoisotopic (exact) mass is 420 g/mol. The van der Waals surface area contributed by atoms with E-state index < -0.39 is 5.91 Å². The first-order valence-electron chi connectivity index (χ1n) is 10.4. The summed E-state index contributed by atoms with van der Waals surface area (Å²) in [7, 11) is 0. The highest BCUT2D eigenvalue weighted by atomic mass is 16.1. The molecule has 4 heterocycles. The van der Waals surface area contributed by atoms with Crippen molar-refractivity contribution in [2.75, 3.05) is 31.1 Å². The molecule has 3 aromatic rings. The molecule has 2 N–H and O–H groups in total. The molecular weight excluding hydrogens is 392 g/mol. The number of carbonyl (C=O) groups excluding carboxylic acids is 1. The smallest absolute Gasteiger partial charge is 0.267 e. The van der Waals surface area contributed by atoms with Gasteiger partial charge in [-0.1, -0.05) is 5.21 Å². The number of anilines is 1. The second-order valence-corrected chi connectivity index (χ2v) is 8.79. The molecule has 31 heavy (non-hydrogen) atoms. The zero-order valence-corrected chi connectivity index (χ0v) is 18.4. The fraction of sp³-hybridized carbons (Fsp3) is 0.409. The zero-order valence-electron chi connectivity index (χ0n) is 18.4. The molecule has 1 amide bonds. The molecule has 3 aromatic heterocycles. The Morgan fingerprint density at radius 2 is 1.84 bits per heavy atom. The summed E-state index contributed by atoms with van der Waals surface area (Å²) < 4.78 is 1.65. The first kappa shape index (κ1) is 20.9. The lowest BCUT2D eigenvalue weighted by Crippen LogP contribution is -2.53. The summed E-state index contributed by atoms with van der Waals surface area (Å²) in [6.45, 7) is 12.6. The van der Waals surface area contributed by atoms with Gasteiger partial charge in [0, 0.05) is 43.5 Å². The van der Waals surface area contributed by atoms with Crippen LogP contribution < -0.4 is 10.6 Å². The Labute approximate surface area is 181 Å². The van der Waals surface area contributed by atoms with E-state index in [1.165, 1.54) is 0 Å². The minimum absolute atomic E-state index is 0.188. The second kappa shape index (κ2) is 8.07. The van der Waals surface area contributed by atoms with Crippen molar-refractivity contribution in [3.8, 4) is 16.9 Å². The van der Waals surface area contributed by atoms with Gasteiger partial charge in [-0.3, -0.25) is 14.7 Å². The molecule has 162 valence electrons. The third-order valence-corrected chi connectivity index (χ3v) is 5.66. The number of rotatable bonds is 4. The summed E-state index contributed by atoms with van der Waals surface area (Å²) in [4.78, 5) is 24.9. The molecule has 0 unspecified atom stereocenters. The third kappa shape index (κ3) is 4.41. The molecular formula is C22H28N8O. The molecule has 0 aliphatic carbocycles. The predicted octanol–water partition coefficient (Wildman–Crippen LogP) is 2.05.